The van der Waals surface area contributed by atoms with Crippen molar-refractivity contribution in [3.05, 3.63) is 22.5 Å². The van der Waals surface area contributed by atoms with Crippen LogP contribution < -0.4 is 0 Å². The number of rotatable bonds is 5. The molecule has 0 aliphatic carbocycles. The lowest BCUT2D eigenvalue weighted by Gasteiger charge is -2.20. The lowest BCUT2D eigenvalue weighted by Crippen LogP contribution is -2.32. The average Bonchev–Trinajstić information content (AvgIpc) is 2.71. The smallest absolute Gasteiger partial charge is 0.340 e. The number of esters is 1. The fourth-order valence-electron chi connectivity index (χ4n) is 3.18. The highest BCUT2D eigenvalue weighted by atomic mass is 16.6. The second-order valence-electron chi connectivity index (χ2n) is 6.58. The van der Waals surface area contributed by atoms with Crippen LogP contribution >= 0.6 is 0 Å². The summed E-state index contributed by atoms with van der Waals surface area (Å²) in [6, 6.07) is 0. The number of likely N-dealkylation sites (tertiary alicyclic amines) is 1. The molecule has 0 spiro atoms. The molecule has 1 atom stereocenters. The van der Waals surface area contributed by atoms with Crippen LogP contribution in [0.5, 0.6) is 0 Å². The minimum atomic E-state index is -0.415. The number of aryl methyl sites for hydroxylation is 1. The van der Waals surface area contributed by atoms with Crippen LogP contribution in [0.25, 0.3) is 0 Å². The van der Waals surface area contributed by atoms with Gasteiger partial charge in [0.25, 0.3) is 5.91 Å². The zero-order chi connectivity index (χ0) is 17.7. The van der Waals surface area contributed by atoms with Gasteiger partial charge in [-0.15, -0.1) is 0 Å². The van der Waals surface area contributed by atoms with Gasteiger partial charge in [-0.3, -0.25) is 4.79 Å². The van der Waals surface area contributed by atoms with Crippen LogP contribution in [-0.4, -0.2) is 55.2 Å². The Morgan fingerprint density at radius 3 is 2.67 bits per heavy atom. The Hall–Kier alpha value is -1.82. The van der Waals surface area contributed by atoms with Gasteiger partial charge in [-0.1, -0.05) is 6.92 Å². The fraction of sp³-hybridized carbons (Fsp3) is 0.667. The Morgan fingerprint density at radius 2 is 1.96 bits per heavy atom. The van der Waals surface area contributed by atoms with Gasteiger partial charge in [-0.05, 0) is 44.6 Å². The molecule has 1 saturated heterocycles. The first kappa shape index (κ1) is 18.5. The van der Waals surface area contributed by atoms with E-state index in [2.05, 4.69) is 11.9 Å². The Balaban J connectivity index is 2.15. The highest BCUT2D eigenvalue weighted by Crippen LogP contribution is 2.23. The lowest BCUT2D eigenvalue weighted by atomic mass is 10.0. The van der Waals surface area contributed by atoms with Crippen molar-refractivity contribution in [2.75, 3.05) is 33.4 Å². The van der Waals surface area contributed by atoms with Crippen LogP contribution in [0.4, 0.5) is 0 Å². The number of nitrogens with one attached hydrogen (secondary N) is 1. The van der Waals surface area contributed by atoms with E-state index in [-0.39, 0.29) is 12.5 Å². The molecule has 2 rings (SSSR count). The molecule has 1 aromatic rings. The summed E-state index contributed by atoms with van der Waals surface area (Å²) in [5, 5.41) is 0. The molecule has 24 heavy (non-hydrogen) atoms. The molecule has 1 aromatic heterocycles. The number of hydrogen-bond donors (Lipinski definition) is 1. The van der Waals surface area contributed by atoms with Gasteiger partial charge < -0.3 is 19.4 Å². The largest absolute Gasteiger partial charge is 0.460 e. The van der Waals surface area contributed by atoms with Gasteiger partial charge in [-0.2, -0.15) is 0 Å². The van der Waals surface area contributed by atoms with Crippen LogP contribution in [0.3, 0.4) is 0 Å². The Bertz CT molecular complexity index is 594. The van der Waals surface area contributed by atoms with E-state index in [4.69, 9.17) is 9.47 Å². The van der Waals surface area contributed by atoms with E-state index in [1.807, 2.05) is 4.90 Å². The quantitative estimate of drug-likeness (QED) is 0.663. The van der Waals surface area contributed by atoms with E-state index in [0.717, 1.165) is 32.4 Å². The van der Waals surface area contributed by atoms with E-state index in [0.29, 0.717) is 35.0 Å². The molecular weight excluding hydrogens is 308 g/mol. The van der Waals surface area contributed by atoms with Crippen molar-refractivity contribution in [2.45, 2.75) is 40.0 Å². The number of H-pyrrole nitrogens is 1. The molecule has 0 unspecified atom stereocenters. The maximum atomic E-state index is 12.9. The predicted octanol–water partition coefficient (Wildman–Crippen LogP) is 2.70. The second kappa shape index (κ2) is 8.33. The van der Waals surface area contributed by atoms with Crippen molar-refractivity contribution in [3.8, 4) is 0 Å². The number of methoxy groups -OCH3 is 1. The van der Waals surface area contributed by atoms with E-state index >= 15 is 0 Å². The summed E-state index contributed by atoms with van der Waals surface area (Å²) in [5.74, 6) is 0.211. The Morgan fingerprint density at radius 1 is 1.21 bits per heavy atom. The lowest BCUT2D eigenvalue weighted by molar-refractivity contribution is 0.0387. The predicted molar refractivity (Wildman–Crippen MR) is 91.3 cm³/mol. The standard InChI is InChI=1S/C18H28N2O4/c1-12-6-5-8-20(9-7-12)17(21)16-13(2)15(14(3)19-16)18(22)24-11-10-23-4/h12,19H,5-11H2,1-4H3/t12-/m1/s1. The first-order chi connectivity index (χ1) is 11.5. The molecule has 1 amide bonds. The summed E-state index contributed by atoms with van der Waals surface area (Å²) < 4.78 is 10.1. The van der Waals surface area contributed by atoms with Gasteiger partial charge in [-0.25, -0.2) is 4.79 Å². The summed E-state index contributed by atoms with van der Waals surface area (Å²) in [7, 11) is 1.56. The topological polar surface area (TPSA) is 71.6 Å². The summed E-state index contributed by atoms with van der Waals surface area (Å²) in [6.45, 7) is 7.91. The van der Waals surface area contributed by atoms with Crippen molar-refractivity contribution >= 4 is 11.9 Å². The third-order valence-corrected chi connectivity index (χ3v) is 4.68. The van der Waals surface area contributed by atoms with Crippen molar-refractivity contribution in [1.82, 2.24) is 9.88 Å². The third kappa shape index (κ3) is 4.17. The van der Waals surface area contributed by atoms with Crippen LogP contribution in [0.15, 0.2) is 0 Å². The van der Waals surface area contributed by atoms with Gasteiger partial charge in [0.15, 0.2) is 0 Å². The van der Waals surface area contributed by atoms with Gasteiger partial charge >= 0.3 is 5.97 Å². The molecule has 1 aliphatic heterocycles. The number of nitrogens with zero attached hydrogens (tertiary/aromatic N) is 1. The van der Waals surface area contributed by atoms with E-state index in [1.54, 1.807) is 21.0 Å². The van der Waals surface area contributed by atoms with Crippen molar-refractivity contribution in [3.63, 3.8) is 0 Å². The fourth-order valence-corrected chi connectivity index (χ4v) is 3.18. The van der Waals surface area contributed by atoms with Crippen LogP contribution in [0, 0.1) is 19.8 Å². The maximum absolute atomic E-state index is 12.9. The molecule has 2 heterocycles. The third-order valence-electron chi connectivity index (χ3n) is 4.68. The number of carbonyl (C=O) groups is 2. The first-order valence-electron chi connectivity index (χ1n) is 8.60. The summed E-state index contributed by atoms with van der Waals surface area (Å²) in [5.41, 5.74) is 2.29. The number of amides is 1. The highest BCUT2D eigenvalue weighted by molar-refractivity contribution is 6.00. The Labute approximate surface area is 143 Å². The second-order valence-corrected chi connectivity index (χ2v) is 6.58. The average molecular weight is 336 g/mol. The van der Waals surface area contributed by atoms with Crippen molar-refractivity contribution < 1.29 is 19.1 Å². The van der Waals surface area contributed by atoms with Gasteiger partial charge in [0.05, 0.1) is 12.2 Å². The molecule has 1 aliphatic rings. The SMILES string of the molecule is COCCOC(=O)c1c(C)[nH]c(C(=O)N2CCC[C@@H](C)CC2)c1C. The van der Waals surface area contributed by atoms with Crippen LogP contribution in [0.2, 0.25) is 0 Å². The number of aromatic amines is 1. The zero-order valence-corrected chi connectivity index (χ0v) is 15.1. The molecule has 1 fully saturated rings. The first-order valence-corrected chi connectivity index (χ1v) is 8.60. The van der Waals surface area contributed by atoms with Crippen molar-refractivity contribution in [2.24, 2.45) is 5.92 Å². The van der Waals surface area contributed by atoms with Crippen LogP contribution in [-0.2, 0) is 9.47 Å². The maximum Gasteiger partial charge on any atom is 0.340 e. The van der Waals surface area contributed by atoms with Crippen molar-refractivity contribution in [1.29, 1.82) is 0 Å². The molecule has 0 radical (unpaired) electrons. The van der Waals surface area contributed by atoms with E-state index in [1.165, 1.54) is 0 Å². The molecule has 0 aromatic carbocycles. The zero-order valence-electron chi connectivity index (χ0n) is 15.1. The summed E-state index contributed by atoms with van der Waals surface area (Å²) in [4.78, 5) is 30.1. The van der Waals surface area contributed by atoms with Gasteiger partial charge in [0.1, 0.15) is 12.3 Å². The molecule has 6 nitrogen and oxygen atoms in total. The highest BCUT2D eigenvalue weighted by Gasteiger charge is 2.27. The van der Waals surface area contributed by atoms with E-state index < -0.39 is 5.97 Å². The number of carbonyl (C=O) groups excluding carboxylic acids is 2. The normalized spacial score (nSPS) is 18.3. The summed E-state index contributed by atoms with van der Waals surface area (Å²) >= 11 is 0. The number of aromatic nitrogens is 1. The van der Waals surface area contributed by atoms with E-state index in [9.17, 15) is 9.59 Å². The molecule has 134 valence electrons. The molecule has 1 N–H and O–H groups in total. The monoisotopic (exact) mass is 336 g/mol. The van der Waals surface area contributed by atoms with Crippen LogP contribution in [0.1, 0.15) is 58.3 Å². The molecule has 6 heteroatoms. The number of ether oxygens (including phenoxy) is 2. The summed E-state index contributed by atoms with van der Waals surface area (Å²) in [6.07, 6.45) is 3.21. The molecular formula is C18H28N2O4. The van der Waals surface area contributed by atoms with Gasteiger partial charge in [0.2, 0.25) is 0 Å². The Kier molecular flexibility index (Phi) is 6.43. The van der Waals surface area contributed by atoms with Gasteiger partial charge in [0, 0.05) is 25.9 Å². The minimum absolute atomic E-state index is 0.0272. The molecule has 0 saturated carbocycles. The number of hydrogen-bond acceptors (Lipinski definition) is 4. The molecule has 0 bridgehead atoms. The minimum Gasteiger partial charge on any atom is -0.460 e.